The standard InChI is InChI=1S/C23H20O2Si/c1-26(2,18-13-7-4-8-14-18)25-23-20-16-10-9-15-19(20)22(24)21(23)17-11-5-3-6-12-17/h3-16H,1-2H3. The number of benzene rings is 3. The van der Waals surface area contributed by atoms with Crippen molar-refractivity contribution in [2.45, 2.75) is 13.1 Å². The molecule has 1 aliphatic rings. The molecule has 0 aliphatic heterocycles. The quantitative estimate of drug-likeness (QED) is 0.623. The summed E-state index contributed by atoms with van der Waals surface area (Å²) in [6.07, 6.45) is 0. The van der Waals surface area contributed by atoms with Gasteiger partial charge in [-0.25, -0.2) is 0 Å². The van der Waals surface area contributed by atoms with Crippen LogP contribution < -0.4 is 5.19 Å². The first kappa shape index (κ1) is 16.5. The van der Waals surface area contributed by atoms with Crippen LogP contribution >= 0.6 is 0 Å². The van der Waals surface area contributed by atoms with E-state index < -0.39 is 8.32 Å². The highest BCUT2D eigenvalue weighted by Gasteiger charge is 2.36. The first-order chi connectivity index (χ1) is 12.6. The molecule has 0 saturated heterocycles. The number of hydrogen-bond acceptors (Lipinski definition) is 2. The lowest BCUT2D eigenvalue weighted by molar-refractivity contribution is 0.105. The molecule has 0 aromatic heterocycles. The van der Waals surface area contributed by atoms with E-state index in [1.807, 2.05) is 72.8 Å². The molecule has 3 aromatic carbocycles. The molecular formula is C23H20O2Si. The molecule has 0 heterocycles. The largest absolute Gasteiger partial charge is 0.539 e. The molecule has 0 amide bonds. The maximum Gasteiger partial charge on any atom is 0.276 e. The summed E-state index contributed by atoms with van der Waals surface area (Å²) in [5.74, 6) is 0.761. The molecule has 0 spiro atoms. The molecule has 3 heteroatoms. The summed E-state index contributed by atoms with van der Waals surface area (Å²) in [6, 6.07) is 27.8. The van der Waals surface area contributed by atoms with Gasteiger partial charge in [0.1, 0.15) is 5.76 Å². The van der Waals surface area contributed by atoms with Crippen LogP contribution in [0.1, 0.15) is 21.5 Å². The second kappa shape index (κ2) is 6.43. The van der Waals surface area contributed by atoms with Crippen molar-refractivity contribution in [3.05, 3.63) is 102 Å². The van der Waals surface area contributed by atoms with Gasteiger partial charge in [0, 0.05) is 11.1 Å². The van der Waals surface area contributed by atoms with Gasteiger partial charge in [0.05, 0.1) is 5.57 Å². The van der Waals surface area contributed by atoms with Crippen molar-refractivity contribution in [2.75, 3.05) is 0 Å². The fourth-order valence-corrected chi connectivity index (χ4v) is 5.21. The van der Waals surface area contributed by atoms with E-state index >= 15 is 0 Å². The number of carbonyl (C=O) groups is 1. The van der Waals surface area contributed by atoms with Crippen molar-refractivity contribution in [2.24, 2.45) is 0 Å². The van der Waals surface area contributed by atoms with E-state index in [9.17, 15) is 4.79 Å². The van der Waals surface area contributed by atoms with Gasteiger partial charge in [-0.3, -0.25) is 4.79 Å². The number of hydrogen-bond donors (Lipinski definition) is 0. The molecule has 4 rings (SSSR count). The van der Waals surface area contributed by atoms with Gasteiger partial charge in [-0.05, 0) is 23.8 Å². The Morgan fingerprint density at radius 3 is 1.88 bits per heavy atom. The van der Waals surface area contributed by atoms with Crippen molar-refractivity contribution in [3.63, 3.8) is 0 Å². The smallest absolute Gasteiger partial charge is 0.276 e. The summed E-state index contributed by atoms with van der Waals surface area (Å²) in [5, 5.41) is 1.21. The van der Waals surface area contributed by atoms with Crippen LogP contribution in [0.15, 0.2) is 84.9 Å². The van der Waals surface area contributed by atoms with Gasteiger partial charge in [0.25, 0.3) is 8.32 Å². The molecule has 0 fully saturated rings. The van der Waals surface area contributed by atoms with Gasteiger partial charge in [0.2, 0.25) is 0 Å². The molecule has 26 heavy (non-hydrogen) atoms. The highest BCUT2D eigenvalue weighted by atomic mass is 28.4. The van der Waals surface area contributed by atoms with Crippen molar-refractivity contribution < 1.29 is 9.22 Å². The topological polar surface area (TPSA) is 26.3 Å². The van der Waals surface area contributed by atoms with Crippen LogP contribution in [0.5, 0.6) is 0 Å². The SMILES string of the molecule is C[Si](C)(OC1=C(c2ccccc2)C(=O)c2ccccc21)c1ccccc1. The number of rotatable bonds is 4. The number of ketones is 1. The number of Topliss-reactive ketones (excluding diaryl/α,β-unsaturated/α-hetero) is 1. The minimum atomic E-state index is -2.23. The van der Waals surface area contributed by atoms with E-state index in [-0.39, 0.29) is 5.78 Å². The van der Waals surface area contributed by atoms with Crippen LogP contribution in [-0.4, -0.2) is 14.1 Å². The van der Waals surface area contributed by atoms with Crippen LogP contribution in [0.4, 0.5) is 0 Å². The Morgan fingerprint density at radius 1 is 0.692 bits per heavy atom. The lowest BCUT2D eigenvalue weighted by atomic mass is 10.0. The second-order valence-corrected chi connectivity index (χ2v) is 10.7. The normalized spacial score (nSPS) is 13.7. The minimum Gasteiger partial charge on any atom is -0.539 e. The van der Waals surface area contributed by atoms with Crippen LogP contribution in [0.25, 0.3) is 11.3 Å². The van der Waals surface area contributed by atoms with Crippen LogP contribution in [0.3, 0.4) is 0 Å². The van der Waals surface area contributed by atoms with Crippen LogP contribution in [0.2, 0.25) is 13.1 Å². The van der Waals surface area contributed by atoms with Gasteiger partial charge in [-0.2, -0.15) is 0 Å². The van der Waals surface area contributed by atoms with E-state index in [0.717, 1.165) is 22.4 Å². The Bertz CT molecular complexity index is 989. The molecule has 0 atom stereocenters. The summed E-state index contributed by atoms with van der Waals surface area (Å²) < 4.78 is 6.65. The summed E-state index contributed by atoms with van der Waals surface area (Å²) >= 11 is 0. The Labute approximate surface area is 154 Å². The summed E-state index contributed by atoms with van der Waals surface area (Å²) in [7, 11) is -2.23. The highest BCUT2D eigenvalue weighted by molar-refractivity contribution is 6.85. The summed E-state index contributed by atoms with van der Waals surface area (Å²) in [5.41, 5.74) is 3.19. The molecule has 0 bridgehead atoms. The van der Waals surface area contributed by atoms with Gasteiger partial charge < -0.3 is 4.43 Å². The first-order valence-electron chi connectivity index (χ1n) is 8.76. The minimum absolute atomic E-state index is 0.0414. The zero-order valence-electron chi connectivity index (χ0n) is 14.9. The van der Waals surface area contributed by atoms with Gasteiger partial charge in [-0.15, -0.1) is 0 Å². The van der Waals surface area contributed by atoms with Gasteiger partial charge >= 0.3 is 0 Å². The summed E-state index contributed by atoms with van der Waals surface area (Å²) in [6.45, 7) is 4.34. The molecule has 0 unspecified atom stereocenters. The Morgan fingerprint density at radius 2 is 1.23 bits per heavy atom. The molecule has 1 aliphatic carbocycles. The van der Waals surface area contributed by atoms with Crippen molar-refractivity contribution >= 4 is 30.6 Å². The van der Waals surface area contributed by atoms with Crippen LogP contribution in [0, 0.1) is 0 Å². The van der Waals surface area contributed by atoms with Crippen molar-refractivity contribution in [3.8, 4) is 0 Å². The monoisotopic (exact) mass is 356 g/mol. The summed E-state index contributed by atoms with van der Waals surface area (Å²) in [4.78, 5) is 13.1. The molecule has 0 saturated carbocycles. The highest BCUT2D eigenvalue weighted by Crippen LogP contribution is 2.40. The Balaban J connectivity index is 1.86. The molecule has 0 N–H and O–H groups in total. The van der Waals surface area contributed by atoms with Crippen LogP contribution in [-0.2, 0) is 4.43 Å². The number of carbonyl (C=O) groups excluding carboxylic acids is 1. The lowest BCUT2D eigenvalue weighted by Gasteiger charge is -2.26. The van der Waals surface area contributed by atoms with Gasteiger partial charge in [0.15, 0.2) is 5.78 Å². The van der Waals surface area contributed by atoms with E-state index in [2.05, 4.69) is 25.2 Å². The predicted octanol–water partition coefficient (Wildman–Crippen LogP) is 4.88. The van der Waals surface area contributed by atoms with E-state index in [4.69, 9.17) is 4.43 Å². The molecule has 128 valence electrons. The van der Waals surface area contributed by atoms with Crippen molar-refractivity contribution in [1.82, 2.24) is 0 Å². The fraction of sp³-hybridized carbons (Fsp3) is 0.0870. The molecule has 0 radical (unpaired) electrons. The van der Waals surface area contributed by atoms with Crippen molar-refractivity contribution in [1.29, 1.82) is 0 Å². The third-order valence-electron chi connectivity index (χ3n) is 4.76. The maximum atomic E-state index is 13.1. The Hall–Kier alpha value is -2.91. The third kappa shape index (κ3) is 2.80. The number of fused-ring (bicyclic) bond motifs is 1. The predicted molar refractivity (Wildman–Crippen MR) is 109 cm³/mol. The van der Waals surface area contributed by atoms with Gasteiger partial charge in [-0.1, -0.05) is 84.9 Å². The first-order valence-corrected chi connectivity index (χ1v) is 11.7. The van der Waals surface area contributed by atoms with E-state index in [1.165, 1.54) is 5.19 Å². The zero-order chi connectivity index (χ0) is 18.1. The number of allylic oxidation sites excluding steroid dienone is 1. The zero-order valence-corrected chi connectivity index (χ0v) is 15.9. The average molecular weight is 356 g/mol. The molecule has 3 aromatic rings. The lowest BCUT2D eigenvalue weighted by Crippen LogP contribution is -2.44. The second-order valence-electron chi connectivity index (χ2n) is 6.92. The van der Waals surface area contributed by atoms with E-state index in [0.29, 0.717) is 5.57 Å². The maximum absolute atomic E-state index is 13.1. The molecule has 2 nitrogen and oxygen atoms in total. The third-order valence-corrected chi connectivity index (χ3v) is 7.20. The van der Waals surface area contributed by atoms with E-state index in [1.54, 1.807) is 0 Å². The molecular weight excluding hydrogens is 336 g/mol. The average Bonchev–Trinajstić information content (AvgIpc) is 2.95. The Kier molecular flexibility index (Phi) is 4.09. The fourth-order valence-electron chi connectivity index (χ4n) is 3.38.